The Balaban J connectivity index is 0.912. The predicted molar refractivity (Wildman–Crippen MR) is 211 cm³/mol. The zero-order valence-corrected chi connectivity index (χ0v) is 34.1. The zero-order valence-electron chi connectivity index (χ0n) is 34.1. The van der Waals surface area contributed by atoms with Crippen molar-refractivity contribution < 1.29 is 38.2 Å². The molecule has 0 aromatic heterocycles. The normalized spacial score (nSPS) is 35.6. The van der Waals surface area contributed by atoms with E-state index in [-0.39, 0.29) is 71.5 Å². The number of carbonyl (C=O) groups excluding carboxylic acids is 6. The number of azo groups is 1. The summed E-state index contributed by atoms with van der Waals surface area (Å²) in [5.41, 5.74) is -2.52. The molecule has 6 amide bonds. The summed E-state index contributed by atoms with van der Waals surface area (Å²) >= 11 is 0. The van der Waals surface area contributed by atoms with Gasteiger partial charge >= 0.3 is 6.03 Å². The molecule has 0 aromatic rings. The first-order valence-corrected chi connectivity index (χ1v) is 21.8. The molecule has 6 N–H and O–H groups in total. The number of ketones is 1. The molecule has 3 saturated carbocycles. The molecule has 6 unspecified atom stereocenters. The van der Waals surface area contributed by atoms with E-state index in [2.05, 4.69) is 51.9 Å². The fourth-order valence-electron chi connectivity index (χ4n) is 10.4. The molecule has 4 heterocycles. The fraction of sp³-hybridized carbons (Fsp3) is 0.850. The number of urea groups is 1. The van der Waals surface area contributed by atoms with E-state index in [9.17, 15) is 28.8 Å². The molecule has 58 heavy (non-hydrogen) atoms. The number of fused-ring (bicyclic) bond motifs is 1. The maximum Gasteiger partial charge on any atom is 0.315 e. The second kappa shape index (κ2) is 19.1. The molecular weight excluding hydrogens is 749 g/mol. The first-order chi connectivity index (χ1) is 28.0. The number of amides is 6. The van der Waals surface area contributed by atoms with E-state index >= 15 is 0 Å². The molecule has 1 spiro atoms. The molecule has 18 heteroatoms. The van der Waals surface area contributed by atoms with E-state index in [4.69, 9.17) is 9.47 Å². The summed E-state index contributed by atoms with van der Waals surface area (Å²) in [5, 5.41) is 27.3. The van der Waals surface area contributed by atoms with Crippen molar-refractivity contribution in [1.29, 1.82) is 0 Å². The van der Waals surface area contributed by atoms with Crippen molar-refractivity contribution >= 4 is 35.4 Å². The minimum Gasteiger partial charge on any atom is -0.379 e. The molecule has 0 bridgehead atoms. The summed E-state index contributed by atoms with van der Waals surface area (Å²) in [4.78, 5) is 83.7. The van der Waals surface area contributed by atoms with Crippen LogP contribution in [0.4, 0.5) is 4.79 Å². The highest BCUT2D eigenvalue weighted by atomic mass is 16.5. The summed E-state index contributed by atoms with van der Waals surface area (Å²) in [6.45, 7) is 10.8. The van der Waals surface area contributed by atoms with Gasteiger partial charge in [-0.05, 0) is 97.1 Å². The van der Waals surface area contributed by atoms with Gasteiger partial charge in [0.25, 0.3) is 5.91 Å². The van der Waals surface area contributed by atoms with Crippen LogP contribution in [0.2, 0.25) is 0 Å². The van der Waals surface area contributed by atoms with Crippen molar-refractivity contribution in [2.45, 2.75) is 119 Å². The lowest BCUT2D eigenvalue weighted by molar-refractivity contribution is -0.155. The van der Waals surface area contributed by atoms with Gasteiger partial charge in [0.15, 0.2) is 5.78 Å². The third-order valence-electron chi connectivity index (χ3n) is 13.8. The molecule has 322 valence electrons. The number of hydrogen-bond acceptors (Lipinski definition) is 12. The Labute approximate surface area is 340 Å². The Kier molecular flexibility index (Phi) is 14.0. The molecular formula is C40H64N10O8. The van der Waals surface area contributed by atoms with Crippen LogP contribution in [-0.4, -0.2) is 159 Å². The first kappa shape index (κ1) is 42.4. The number of nitrogens with one attached hydrogen (secondary N) is 6. The molecule has 7 fully saturated rings. The molecule has 4 saturated heterocycles. The topological polar surface area (TPSA) is 224 Å². The predicted octanol–water partition coefficient (Wildman–Crippen LogP) is 0.00580. The van der Waals surface area contributed by atoms with Crippen LogP contribution in [0, 0.1) is 17.8 Å². The Morgan fingerprint density at radius 1 is 0.741 bits per heavy atom. The largest absolute Gasteiger partial charge is 0.379 e. The average molecular weight is 813 g/mol. The molecule has 7 aliphatic rings. The minimum absolute atomic E-state index is 0.0511. The van der Waals surface area contributed by atoms with Crippen LogP contribution in [0.1, 0.15) is 84.0 Å². The highest BCUT2D eigenvalue weighted by Gasteiger charge is 2.72. The van der Waals surface area contributed by atoms with Crippen LogP contribution >= 0.6 is 0 Å². The quantitative estimate of drug-likeness (QED) is 0.0563. The maximum absolute atomic E-state index is 13.7. The van der Waals surface area contributed by atoms with Crippen molar-refractivity contribution in [2.24, 2.45) is 28.0 Å². The van der Waals surface area contributed by atoms with Crippen molar-refractivity contribution in [3.05, 3.63) is 0 Å². The highest BCUT2D eigenvalue weighted by molar-refractivity contribution is 6.17. The summed E-state index contributed by atoms with van der Waals surface area (Å²) in [6, 6.07) is -1.06. The molecule has 6 atom stereocenters. The fourth-order valence-corrected chi connectivity index (χ4v) is 10.4. The monoisotopic (exact) mass is 812 g/mol. The van der Waals surface area contributed by atoms with Gasteiger partial charge in [-0.3, -0.25) is 33.8 Å². The lowest BCUT2D eigenvalue weighted by Crippen LogP contribution is -2.85. The van der Waals surface area contributed by atoms with Crippen LogP contribution in [-0.2, 0) is 33.4 Å². The Hall–Kier alpha value is -3.74. The zero-order chi connectivity index (χ0) is 40.7. The first-order valence-electron chi connectivity index (χ1n) is 21.8. The van der Waals surface area contributed by atoms with Crippen molar-refractivity contribution in [3.8, 4) is 0 Å². The lowest BCUT2D eigenvalue weighted by Gasteiger charge is -2.57. The maximum atomic E-state index is 13.7. The molecule has 3 aliphatic carbocycles. The number of ether oxygens (including phenoxy) is 2. The van der Waals surface area contributed by atoms with Crippen LogP contribution in [0.25, 0.3) is 0 Å². The highest BCUT2D eigenvalue weighted by Crippen LogP contribution is 2.48. The van der Waals surface area contributed by atoms with E-state index in [1.807, 2.05) is 0 Å². The number of rotatable bonds is 15. The Morgan fingerprint density at radius 2 is 1.31 bits per heavy atom. The second-order valence-corrected chi connectivity index (χ2v) is 17.6. The van der Waals surface area contributed by atoms with Gasteiger partial charge in [0.05, 0.1) is 50.1 Å². The summed E-state index contributed by atoms with van der Waals surface area (Å²) in [6.07, 6.45) is 6.84. The number of β-lactam (4-membered cyclic amide) rings is 1. The average Bonchev–Trinajstić information content (AvgIpc) is 3.60. The van der Waals surface area contributed by atoms with Gasteiger partial charge in [0, 0.05) is 63.1 Å². The summed E-state index contributed by atoms with van der Waals surface area (Å²) in [7, 11) is 0. The third kappa shape index (κ3) is 9.65. The van der Waals surface area contributed by atoms with E-state index in [1.54, 1.807) is 0 Å². The van der Waals surface area contributed by atoms with Crippen molar-refractivity contribution in [2.75, 3.05) is 78.8 Å². The van der Waals surface area contributed by atoms with E-state index in [0.717, 1.165) is 78.5 Å². The van der Waals surface area contributed by atoms with Gasteiger partial charge in [-0.2, -0.15) is 10.2 Å². The van der Waals surface area contributed by atoms with E-state index in [0.29, 0.717) is 77.3 Å². The van der Waals surface area contributed by atoms with E-state index < -0.39 is 17.0 Å². The molecule has 0 aromatic carbocycles. The third-order valence-corrected chi connectivity index (χ3v) is 13.8. The van der Waals surface area contributed by atoms with Crippen LogP contribution < -0.4 is 31.9 Å². The smallest absolute Gasteiger partial charge is 0.315 e. The number of carbonyl (C=O) groups is 6. The number of morpholine rings is 2. The van der Waals surface area contributed by atoms with Gasteiger partial charge in [-0.15, -0.1) is 0 Å². The van der Waals surface area contributed by atoms with Gasteiger partial charge in [0.2, 0.25) is 23.3 Å². The molecule has 4 aliphatic heterocycles. The Morgan fingerprint density at radius 3 is 1.86 bits per heavy atom. The van der Waals surface area contributed by atoms with Crippen LogP contribution in [0.5, 0.6) is 0 Å². The van der Waals surface area contributed by atoms with Crippen LogP contribution in [0.3, 0.4) is 0 Å². The van der Waals surface area contributed by atoms with Gasteiger partial charge in [-0.1, -0.05) is 0 Å². The SMILES string of the molecule is CC(=O)C1(N=NC2CCC(C(=O)NC3CC(C(=O)NCCCN4CCOCC4)CC(C(=O)NCCCN4CCOCC4)C3)CC2)C(=O)NC12CCC1NC(=O)NC1C2. The molecule has 18 nitrogen and oxygen atoms in total. The summed E-state index contributed by atoms with van der Waals surface area (Å²) in [5.74, 6) is -2.09. The molecule has 0 radical (unpaired) electrons. The number of nitrogens with zero attached hydrogens (tertiary/aromatic N) is 4. The van der Waals surface area contributed by atoms with Crippen molar-refractivity contribution in [1.82, 2.24) is 41.7 Å². The standard InChI is InChI=1S/C40H64N10O8/c1-26(51)40(37(55)46-39(40)9-8-32-33(25-39)45-38(56)44-32)48-47-30-6-4-27(5-7-30)36(54)43-31-23-28(34(52)41-10-2-12-49-14-18-57-19-15-49)22-29(24-31)35(53)42-11-3-13-50-16-20-58-21-17-50/h27-33H,2-25H2,1H3,(H,41,52)(H,42,53)(H,43,54)(H,46,55)(H2,44,45,56). The lowest BCUT2D eigenvalue weighted by atomic mass is 9.58. The minimum atomic E-state index is -1.63. The van der Waals surface area contributed by atoms with Crippen molar-refractivity contribution in [3.63, 3.8) is 0 Å². The second-order valence-electron chi connectivity index (χ2n) is 17.6. The van der Waals surface area contributed by atoms with Gasteiger partial charge in [-0.25, -0.2) is 4.79 Å². The van der Waals surface area contributed by atoms with E-state index in [1.165, 1.54) is 6.92 Å². The van der Waals surface area contributed by atoms with Gasteiger partial charge in [0.1, 0.15) is 0 Å². The number of hydrogen-bond donors (Lipinski definition) is 6. The number of Topliss-reactive ketones (excluding diaryl/α,β-unsaturated/α-hetero) is 1. The molecule has 7 rings (SSSR count). The summed E-state index contributed by atoms with van der Waals surface area (Å²) < 4.78 is 10.9. The van der Waals surface area contributed by atoms with Gasteiger partial charge < -0.3 is 41.4 Å². The Bertz CT molecular complexity index is 1490. The van der Waals surface area contributed by atoms with Crippen LogP contribution in [0.15, 0.2) is 10.2 Å².